The Morgan fingerprint density at radius 2 is 2.05 bits per heavy atom. The van der Waals surface area contributed by atoms with Crippen LogP contribution in [0.5, 0.6) is 5.75 Å². The predicted octanol–water partition coefficient (Wildman–Crippen LogP) is 3.35. The van der Waals surface area contributed by atoms with E-state index in [1.807, 2.05) is 24.3 Å². The van der Waals surface area contributed by atoms with Crippen LogP contribution >= 0.6 is 0 Å². The first-order chi connectivity index (χ1) is 9.24. The van der Waals surface area contributed by atoms with Crippen molar-refractivity contribution in [2.24, 2.45) is 5.73 Å². The molecule has 0 heterocycles. The molecule has 1 atom stereocenters. The third-order valence-electron chi connectivity index (χ3n) is 3.59. The van der Waals surface area contributed by atoms with Crippen LogP contribution in [-0.2, 0) is 13.0 Å². The van der Waals surface area contributed by atoms with E-state index in [4.69, 9.17) is 10.5 Å². The monoisotopic (exact) mass is 257 g/mol. The minimum absolute atomic E-state index is 0.149. The van der Waals surface area contributed by atoms with Crippen LogP contribution in [-0.4, -0.2) is 0 Å². The average Bonchev–Trinajstić information content (AvgIpc) is 2.79. The molecule has 0 radical (unpaired) electrons. The van der Waals surface area contributed by atoms with Gasteiger partial charge >= 0.3 is 0 Å². The minimum Gasteiger partial charge on any atom is -0.489 e. The second-order valence-electron chi connectivity index (χ2n) is 4.89. The molecule has 0 amide bonds. The summed E-state index contributed by atoms with van der Waals surface area (Å²) in [6.07, 6.45) is 1.99. The molecule has 0 unspecified atom stereocenters. The van der Waals surface area contributed by atoms with Gasteiger partial charge in [-0.05, 0) is 42.2 Å². The Kier molecular flexibility index (Phi) is 3.22. The van der Waals surface area contributed by atoms with Gasteiger partial charge in [0.25, 0.3) is 0 Å². The average molecular weight is 257 g/mol. The van der Waals surface area contributed by atoms with E-state index >= 15 is 0 Å². The van der Waals surface area contributed by atoms with Crippen LogP contribution in [0.2, 0.25) is 0 Å². The molecule has 0 saturated heterocycles. The van der Waals surface area contributed by atoms with Gasteiger partial charge in [-0.3, -0.25) is 0 Å². The molecule has 3 rings (SSSR count). The quantitative estimate of drug-likeness (QED) is 0.915. The maximum Gasteiger partial charge on any atom is 0.129 e. The van der Waals surface area contributed by atoms with Gasteiger partial charge in [0, 0.05) is 11.6 Å². The Bertz CT molecular complexity index is 597. The van der Waals surface area contributed by atoms with Gasteiger partial charge in [-0.25, -0.2) is 4.39 Å². The highest BCUT2D eigenvalue weighted by molar-refractivity contribution is 5.40. The van der Waals surface area contributed by atoms with Gasteiger partial charge in [0.15, 0.2) is 0 Å². The van der Waals surface area contributed by atoms with E-state index in [2.05, 4.69) is 0 Å². The van der Waals surface area contributed by atoms with Crippen LogP contribution in [0, 0.1) is 5.82 Å². The number of rotatable bonds is 3. The molecule has 0 spiro atoms. The SMILES string of the molecule is N[C@H]1CCc2cc(OCc3ccccc3F)ccc21. The summed E-state index contributed by atoms with van der Waals surface area (Å²) in [6, 6.07) is 12.8. The van der Waals surface area contributed by atoms with Gasteiger partial charge in [0.2, 0.25) is 0 Å². The van der Waals surface area contributed by atoms with E-state index < -0.39 is 0 Å². The lowest BCUT2D eigenvalue weighted by Gasteiger charge is -2.10. The Balaban J connectivity index is 1.73. The van der Waals surface area contributed by atoms with Gasteiger partial charge < -0.3 is 10.5 Å². The van der Waals surface area contributed by atoms with Crippen molar-refractivity contribution in [1.82, 2.24) is 0 Å². The molecule has 2 aromatic carbocycles. The third kappa shape index (κ3) is 2.47. The van der Waals surface area contributed by atoms with Crippen molar-refractivity contribution >= 4 is 0 Å². The molecule has 1 aliphatic carbocycles. The summed E-state index contributed by atoms with van der Waals surface area (Å²) in [7, 11) is 0. The molecule has 0 aromatic heterocycles. The molecule has 0 fully saturated rings. The van der Waals surface area contributed by atoms with Crippen molar-refractivity contribution in [2.45, 2.75) is 25.5 Å². The third-order valence-corrected chi connectivity index (χ3v) is 3.59. The van der Waals surface area contributed by atoms with Crippen LogP contribution in [0.15, 0.2) is 42.5 Å². The van der Waals surface area contributed by atoms with Crippen molar-refractivity contribution in [3.8, 4) is 5.75 Å². The smallest absolute Gasteiger partial charge is 0.129 e. The number of benzene rings is 2. The van der Waals surface area contributed by atoms with Crippen molar-refractivity contribution in [2.75, 3.05) is 0 Å². The number of fused-ring (bicyclic) bond motifs is 1. The van der Waals surface area contributed by atoms with Crippen molar-refractivity contribution < 1.29 is 9.13 Å². The summed E-state index contributed by atoms with van der Waals surface area (Å²) < 4.78 is 19.1. The summed E-state index contributed by atoms with van der Waals surface area (Å²) >= 11 is 0. The van der Waals surface area contributed by atoms with Crippen LogP contribution in [0.3, 0.4) is 0 Å². The maximum atomic E-state index is 13.5. The van der Waals surface area contributed by atoms with Crippen molar-refractivity contribution in [3.05, 3.63) is 65.0 Å². The molecule has 0 bridgehead atoms. The molecule has 0 aliphatic heterocycles. The maximum absolute atomic E-state index is 13.5. The number of hydrogen-bond acceptors (Lipinski definition) is 2. The Morgan fingerprint density at radius 3 is 2.89 bits per heavy atom. The zero-order valence-corrected chi connectivity index (χ0v) is 10.6. The van der Waals surface area contributed by atoms with Crippen molar-refractivity contribution in [1.29, 1.82) is 0 Å². The van der Waals surface area contributed by atoms with E-state index in [1.54, 1.807) is 12.1 Å². The van der Waals surface area contributed by atoms with Crippen LogP contribution in [0.25, 0.3) is 0 Å². The van der Waals surface area contributed by atoms with E-state index in [0.717, 1.165) is 18.6 Å². The summed E-state index contributed by atoms with van der Waals surface area (Å²) in [5.74, 6) is 0.543. The van der Waals surface area contributed by atoms with Crippen LogP contribution in [0.1, 0.15) is 29.2 Å². The highest BCUT2D eigenvalue weighted by Gasteiger charge is 2.19. The number of nitrogens with two attached hydrogens (primary N) is 1. The molecular weight excluding hydrogens is 241 g/mol. The lowest BCUT2D eigenvalue weighted by atomic mass is 10.1. The van der Waals surface area contributed by atoms with Gasteiger partial charge in [-0.1, -0.05) is 24.3 Å². The van der Waals surface area contributed by atoms with E-state index in [9.17, 15) is 4.39 Å². The van der Waals surface area contributed by atoms with Crippen LogP contribution in [0.4, 0.5) is 4.39 Å². The molecule has 2 aromatic rings. The lowest BCUT2D eigenvalue weighted by molar-refractivity contribution is 0.299. The molecule has 0 saturated carbocycles. The Hall–Kier alpha value is -1.87. The summed E-state index contributed by atoms with van der Waals surface area (Å²) in [6.45, 7) is 0.248. The summed E-state index contributed by atoms with van der Waals surface area (Å²) in [4.78, 5) is 0. The first kappa shape index (κ1) is 12.2. The zero-order valence-electron chi connectivity index (χ0n) is 10.6. The summed E-state index contributed by atoms with van der Waals surface area (Å²) in [5.41, 5.74) is 9.02. The largest absolute Gasteiger partial charge is 0.489 e. The number of ether oxygens (including phenoxy) is 1. The first-order valence-electron chi connectivity index (χ1n) is 6.48. The standard InChI is InChI=1S/C16H16FNO/c17-15-4-2-1-3-12(15)10-19-13-6-7-14-11(9-13)5-8-16(14)18/h1-4,6-7,9,16H,5,8,10,18H2/t16-/m0/s1. The first-order valence-corrected chi connectivity index (χ1v) is 6.48. The fourth-order valence-corrected chi connectivity index (χ4v) is 2.49. The normalized spacial score (nSPS) is 17.3. The highest BCUT2D eigenvalue weighted by atomic mass is 19.1. The molecule has 19 heavy (non-hydrogen) atoms. The van der Waals surface area contributed by atoms with E-state index in [-0.39, 0.29) is 18.5 Å². The highest BCUT2D eigenvalue weighted by Crippen LogP contribution is 2.32. The van der Waals surface area contributed by atoms with Gasteiger partial charge in [-0.2, -0.15) is 0 Å². The zero-order chi connectivity index (χ0) is 13.2. The number of halogens is 1. The fourth-order valence-electron chi connectivity index (χ4n) is 2.49. The van der Waals surface area contributed by atoms with E-state index in [0.29, 0.717) is 5.56 Å². The molecule has 1 aliphatic rings. The lowest BCUT2D eigenvalue weighted by Crippen LogP contribution is -2.05. The van der Waals surface area contributed by atoms with Gasteiger partial charge in [0.05, 0.1) is 0 Å². The summed E-state index contributed by atoms with van der Waals surface area (Å²) in [5, 5.41) is 0. The molecule has 2 N–H and O–H groups in total. The minimum atomic E-state index is -0.231. The van der Waals surface area contributed by atoms with E-state index in [1.165, 1.54) is 17.2 Å². The fraction of sp³-hybridized carbons (Fsp3) is 0.250. The van der Waals surface area contributed by atoms with Crippen molar-refractivity contribution in [3.63, 3.8) is 0 Å². The molecule has 98 valence electrons. The molecular formula is C16H16FNO. The Labute approximate surface area is 112 Å². The second kappa shape index (κ2) is 5.02. The van der Waals surface area contributed by atoms with Gasteiger partial charge in [0.1, 0.15) is 18.2 Å². The number of hydrogen-bond donors (Lipinski definition) is 1. The molecule has 2 nitrogen and oxygen atoms in total. The van der Waals surface area contributed by atoms with Crippen LogP contribution < -0.4 is 10.5 Å². The Morgan fingerprint density at radius 1 is 1.21 bits per heavy atom. The topological polar surface area (TPSA) is 35.2 Å². The second-order valence-corrected chi connectivity index (χ2v) is 4.89. The number of aryl methyl sites for hydroxylation is 1. The predicted molar refractivity (Wildman–Crippen MR) is 72.4 cm³/mol. The van der Waals surface area contributed by atoms with Gasteiger partial charge in [-0.15, -0.1) is 0 Å². The molecule has 3 heteroatoms.